The molecule has 0 aliphatic rings. The Kier molecular flexibility index (Phi) is 8.73. The van der Waals surface area contributed by atoms with E-state index in [4.69, 9.17) is 9.47 Å². The van der Waals surface area contributed by atoms with Crippen LogP contribution in [0.2, 0.25) is 19.6 Å². The molecule has 0 rings (SSSR count). The van der Waals surface area contributed by atoms with Crippen molar-refractivity contribution in [3.8, 4) is 11.5 Å². The van der Waals surface area contributed by atoms with Gasteiger partial charge in [0.2, 0.25) is 0 Å². The lowest BCUT2D eigenvalue weighted by Crippen LogP contribution is -2.27. The molecule has 0 aliphatic carbocycles. The first kappa shape index (κ1) is 20.0. The average Bonchev–Trinajstić information content (AvgIpc) is 2.27. The molecule has 0 aromatic carbocycles. The van der Waals surface area contributed by atoms with Crippen molar-refractivity contribution in [1.82, 2.24) is 0 Å². The van der Waals surface area contributed by atoms with E-state index in [1.165, 1.54) is 12.8 Å². The van der Waals surface area contributed by atoms with Gasteiger partial charge in [-0.05, 0) is 33.6 Å². The highest BCUT2D eigenvalue weighted by atomic mass is 28.3. The Morgan fingerprint density at radius 2 is 1.76 bits per heavy atom. The van der Waals surface area contributed by atoms with Crippen LogP contribution in [0.15, 0.2) is 0 Å². The second-order valence-corrected chi connectivity index (χ2v) is 12.2. The highest BCUT2D eigenvalue weighted by Gasteiger charge is 2.20. The Bertz CT molecular complexity index is 366. The van der Waals surface area contributed by atoms with Gasteiger partial charge < -0.3 is 9.47 Å². The van der Waals surface area contributed by atoms with Gasteiger partial charge in [-0.3, -0.25) is 0 Å². The highest BCUT2D eigenvalue weighted by Crippen LogP contribution is 2.13. The minimum absolute atomic E-state index is 0.344. The Labute approximate surface area is 131 Å². The molecule has 0 heterocycles. The molecule has 122 valence electrons. The fourth-order valence-corrected chi connectivity index (χ4v) is 2.20. The van der Waals surface area contributed by atoms with Crippen LogP contribution in [0.1, 0.15) is 59.8 Å². The Balaban J connectivity index is 4.56. The molecule has 1 atom stereocenters. The third kappa shape index (κ3) is 13.8. The van der Waals surface area contributed by atoms with Crippen LogP contribution in [0, 0.1) is 11.5 Å². The number of unbranched alkanes of at least 4 members (excludes halogenated alkanes) is 3. The van der Waals surface area contributed by atoms with Crippen molar-refractivity contribution in [1.29, 1.82) is 0 Å². The number of ether oxygens (including phenoxy) is 2. The number of carbonyl (C=O) groups is 1. The number of carbonyl (C=O) groups excluding carboxylic acids is 1. The van der Waals surface area contributed by atoms with Crippen molar-refractivity contribution < 1.29 is 14.3 Å². The SMILES string of the molecule is CCCCCCC(C#C[Si](C)(C)C)OC(=O)OC(C)(C)C. The van der Waals surface area contributed by atoms with E-state index < -0.39 is 19.8 Å². The first-order valence-electron chi connectivity index (χ1n) is 7.96. The first-order chi connectivity index (χ1) is 9.53. The molecule has 0 aromatic rings. The standard InChI is InChI=1S/C17H32O3Si/c1-8-9-10-11-12-15(13-14-21(5,6)7)19-16(18)20-17(2,3)4/h15H,8-12H2,1-7H3. The van der Waals surface area contributed by atoms with Crippen molar-refractivity contribution in [2.75, 3.05) is 0 Å². The Hall–Kier alpha value is -0.953. The van der Waals surface area contributed by atoms with E-state index in [9.17, 15) is 4.79 Å². The summed E-state index contributed by atoms with van der Waals surface area (Å²) in [7, 11) is -1.47. The summed E-state index contributed by atoms with van der Waals surface area (Å²) in [6.45, 7) is 14.2. The van der Waals surface area contributed by atoms with Crippen LogP contribution >= 0.6 is 0 Å². The van der Waals surface area contributed by atoms with Crippen LogP contribution in [0.5, 0.6) is 0 Å². The molecule has 0 radical (unpaired) electrons. The van der Waals surface area contributed by atoms with E-state index in [2.05, 4.69) is 38.0 Å². The molecule has 0 saturated carbocycles. The fourth-order valence-electron chi connectivity index (χ4n) is 1.60. The third-order valence-corrected chi connectivity index (χ3v) is 3.45. The molecule has 0 amide bonds. The summed E-state index contributed by atoms with van der Waals surface area (Å²) < 4.78 is 10.6. The molecule has 0 N–H and O–H groups in total. The van der Waals surface area contributed by atoms with Crippen molar-refractivity contribution in [2.45, 2.75) is 91.1 Å². The molecule has 0 aromatic heterocycles. The molecule has 0 spiro atoms. The molecule has 0 saturated heterocycles. The molecule has 21 heavy (non-hydrogen) atoms. The van der Waals surface area contributed by atoms with Gasteiger partial charge in [0.15, 0.2) is 6.10 Å². The monoisotopic (exact) mass is 312 g/mol. The predicted molar refractivity (Wildman–Crippen MR) is 91.0 cm³/mol. The predicted octanol–water partition coefficient (Wildman–Crippen LogP) is 5.16. The minimum atomic E-state index is -1.47. The maximum Gasteiger partial charge on any atom is 0.510 e. The lowest BCUT2D eigenvalue weighted by Gasteiger charge is -2.21. The lowest BCUT2D eigenvalue weighted by molar-refractivity contribution is -0.0182. The maximum atomic E-state index is 11.8. The van der Waals surface area contributed by atoms with Crippen LogP contribution in [-0.2, 0) is 9.47 Å². The third-order valence-electron chi connectivity index (χ3n) is 2.56. The lowest BCUT2D eigenvalue weighted by atomic mass is 10.1. The zero-order valence-electron chi connectivity index (χ0n) is 14.8. The summed E-state index contributed by atoms with van der Waals surface area (Å²) >= 11 is 0. The van der Waals surface area contributed by atoms with E-state index in [0.717, 1.165) is 19.3 Å². The number of hydrogen-bond acceptors (Lipinski definition) is 3. The normalized spacial score (nSPS) is 13.1. The van der Waals surface area contributed by atoms with Gasteiger partial charge >= 0.3 is 6.16 Å². The summed E-state index contributed by atoms with van der Waals surface area (Å²) in [6.07, 6.45) is 4.41. The van der Waals surface area contributed by atoms with Gasteiger partial charge in [-0.1, -0.05) is 51.7 Å². The van der Waals surface area contributed by atoms with Crippen LogP contribution in [-0.4, -0.2) is 25.9 Å². The fraction of sp³-hybridized carbons (Fsp3) is 0.824. The van der Waals surface area contributed by atoms with Gasteiger partial charge in [0.25, 0.3) is 0 Å². The van der Waals surface area contributed by atoms with Gasteiger partial charge in [0, 0.05) is 0 Å². The second kappa shape index (κ2) is 9.14. The van der Waals surface area contributed by atoms with E-state index in [-0.39, 0.29) is 6.10 Å². The zero-order valence-corrected chi connectivity index (χ0v) is 15.8. The second-order valence-electron chi connectivity index (χ2n) is 7.44. The first-order valence-corrected chi connectivity index (χ1v) is 11.5. The van der Waals surface area contributed by atoms with Gasteiger partial charge in [0.1, 0.15) is 13.7 Å². The van der Waals surface area contributed by atoms with Crippen LogP contribution < -0.4 is 0 Å². The maximum absolute atomic E-state index is 11.8. The average molecular weight is 313 g/mol. The molecule has 1 unspecified atom stereocenters. The molecule has 4 heteroatoms. The van der Waals surface area contributed by atoms with Gasteiger partial charge in [-0.25, -0.2) is 4.79 Å². The summed E-state index contributed by atoms with van der Waals surface area (Å²) in [4.78, 5) is 11.8. The molecule has 0 fully saturated rings. The molecule has 0 aliphatic heterocycles. The van der Waals surface area contributed by atoms with E-state index in [1.54, 1.807) is 0 Å². The summed E-state index contributed by atoms with van der Waals surface area (Å²) in [5.41, 5.74) is 2.76. The summed E-state index contributed by atoms with van der Waals surface area (Å²) in [6, 6.07) is 0. The van der Waals surface area contributed by atoms with Gasteiger partial charge in [-0.15, -0.1) is 5.54 Å². The molecule has 0 bridgehead atoms. The van der Waals surface area contributed by atoms with E-state index in [0.29, 0.717) is 0 Å². The van der Waals surface area contributed by atoms with E-state index >= 15 is 0 Å². The van der Waals surface area contributed by atoms with E-state index in [1.807, 2.05) is 20.8 Å². The zero-order chi connectivity index (χ0) is 16.5. The summed E-state index contributed by atoms with van der Waals surface area (Å²) in [5.74, 6) is 3.14. The quantitative estimate of drug-likeness (QED) is 0.294. The number of hydrogen-bond donors (Lipinski definition) is 0. The van der Waals surface area contributed by atoms with Crippen LogP contribution in [0.25, 0.3) is 0 Å². The smallest absolute Gasteiger partial charge is 0.429 e. The van der Waals surface area contributed by atoms with Gasteiger partial charge in [0.05, 0.1) is 0 Å². The summed E-state index contributed by atoms with van der Waals surface area (Å²) in [5, 5.41) is 0. The highest BCUT2D eigenvalue weighted by molar-refractivity contribution is 6.83. The topological polar surface area (TPSA) is 35.5 Å². The van der Waals surface area contributed by atoms with Crippen LogP contribution in [0.3, 0.4) is 0 Å². The Morgan fingerprint density at radius 3 is 2.24 bits per heavy atom. The molecular weight excluding hydrogens is 280 g/mol. The minimum Gasteiger partial charge on any atom is -0.429 e. The Morgan fingerprint density at radius 1 is 1.14 bits per heavy atom. The largest absolute Gasteiger partial charge is 0.510 e. The van der Waals surface area contributed by atoms with Crippen molar-refractivity contribution in [2.24, 2.45) is 0 Å². The van der Waals surface area contributed by atoms with Crippen molar-refractivity contribution >= 4 is 14.2 Å². The van der Waals surface area contributed by atoms with Crippen LogP contribution in [0.4, 0.5) is 4.79 Å². The molecular formula is C17H32O3Si. The number of rotatable bonds is 6. The molecule has 3 nitrogen and oxygen atoms in total. The van der Waals surface area contributed by atoms with Crippen molar-refractivity contribution in [3.63, 3.8) is 0 Å². The van der Waals surface area contributed by atoms with Crippen molar-refractivity contribution in [3.05, 3.63) is 0 Å². The van der Waals surface area contributed by atoms with Gasteiger partial charge in [-0.2, -0.15) is 0 Å².